The summed E-state index contributed by atoms with van der Waals surface area (Å²) < 4.78 is 0. The second-order valence-corrected chi connectivity index (χ2v) is 4.23. The molecule has 2 heteroatoms. The van der Waals surface area contributed by atoms with Crippen LogP contribution >= 0.6 is 0 Å². The highest BCUT2D eigenvalue weighted by Gasteiger charge is 2.18. The number of nitrogens with zero attached hydrogens (tertiary/aromatic N) is 1. The lowest BCUT2D eigenvalue weighted by atomic mass is 9.95. The molecule has 1 aromatic rings. The summed E-state index contributed by atoms with van der Waals surface area (Å²) >= 11 is 0. The van der Waals surface area contributed by atoms with Gasteiger partial charge in [0.25, 0.3) is 0 Å². The third-order valence-corrected chi connectivity index (χ3v) is 2.78. The average molecular weight is 188 g/mol. The van der Waals surface area contributed by atoms with Gasteiger partial charge in [-0.15, -0.1) is 0 Å². The fraction of sp³-hybridized carbons (Fsp3) is 0.417. The number of aliphatic imine (C=N–C) groups is 1. The molecule has 0 radical (unpaired) electrons. The largest absolute Gasteiger partial charge is 0.387 e. The van der Waals surface area contributed by atoms with Crippen LogP contribution in [0.2, 0.25) is 0 Å². The van der Waals surface area contributed by atoms with Gasteiger partial charge < -0.3 is 5.73 Å². The minimum atomic E-state index is 0.513. The summed E-state index contributed by atoms with van der Waals surface area (Å²) in [6.07, 6.45) is 0.821. The van der Waals surface area contributed by atoms with E-state index in [1.165, 1.54) is 16.7 Å². The Labute approximate surface area is 84.9 Å². The van der Waals surface area contributed by atoms with Gasteiger partial charge in [-0.1, -0.05) is 26.0 Å². The lowest BCUT2D eigenvalue weighted by Crippen LogP contribution is -2.10. The molecule has 1 aliphatic rings. The zero-order valence-corrected chi connectivity index (χ0v) is 8.96. The monoisotopic (exact) mass is 188 g/mol. The van der Waals surface area contributed by atoms with E-state index in [2.05, 4.69) is 37.9 Å². The Bertz CT molecular complexity index is 403. The molecule has 14 heavy (non-hydrogen) atoms. The molecule has 1 aliphatic heterocycles. The summed E-state index contributed by atoms with van der Waals surface area (Å²) in [5.41, 5.74) is 10.8. The zero-order valence-electron chi connectivity index (χ0n) is 8.96. The number of aryl methyl sites for hydroxylation is 1. The van der Waals surface area contributed by atoms with E-state index >= 15 is 0 Å². The smallest absolute Gasteiger partial charge is 0.104 e. The van der Waals surface area contributed by atoms with Crippen molar-refractivity contribution in [3.63, 3.8) is 0 Å². The number of rotatable bonds is 1. The highest BCUT2D eigenvalue weighted by atomic mass is 14.9. The Hall–Kier alpha value is -1.31. The molecule has 0 aromatic heterocycles. The van der Waals surface area contributed by atoms with Crippen molar-refractivity contribution in [3.8, 4) is 0 Å². The van der Waals surface area contributed by atoms with Crippen LogP contribution in [0.5, 0.6) is 0 Å². The van der Waals surface area contributed by atoms with Crippen LogP contribution < -0.4 is 5.73 Å². The minimum Gasteiger partial charge on any atom is -0.387 e. The van der Waals surface area contributed by atoms with Crippen molar-refractivity contribution in [2.45, 2.75) is 33.1 Å². The molecule has 0 atom stereocenters. The quantitative estimate of drug-likeness (QED) is 0.723. The van der Waals surface area contributed by atoms with E-state index in [4.69, 9.17) is 5.73 Å². The summed E-state index contributed by atoms with van der Waals surface area (Å²) in [7, 11) is 0. The van der Waals surface area contributed by atoms with E-state index in [9.17, 15) is 0 Å². The molecule has 0 bridgehead atoms. The molecule has 0 spiro atoms. The first-order valence-corrected chi connectivity index (χ1v) is 5.05. The average Bonchev–Trinajstić information content (AvgIpc) is 2.47. The third-order valence-electron chi connectivity index (χ3n) is 2.78. The summed E-state index contributed by atoms with van der Waals surface area (Å²) in [4.78, 5) is 4.43. The van der Waals surface area contributed by atoms with Gasteiger partial charge in [0.05, 0.1) is 5.69 Å². The minimum absolute atomic E-state index is 0.513. The van der Waals surface area contributed by atoms with Crippen molar-refractivity contribution >= 4 is 11.5 Å². The lowest BCUT2D eigenvalue weighted by Gasteiger charge is -2.11. The van der Waals surface area contributed by atoms with Crippen LogP contribution in [0.3, 0.4) is 0 Å². The van der Waals surface area contributed by atoms with Gasteiger partial charge in [-0.2, -0.15) is 0 Å². The summed E-state index contributed by atoms with van der Waals surface area (Å²) in [6, 6.07) is 4.34. The molecule has 74 valence electrons. The number of hydrogen-bond acceptors (Lipinski definition) is 2. The zero-order chi connectivity index (χ0) is 10.3. The molecule has 0 saturated heterocycles. The summed E-state index contributed by atoms with van der Waals surface area (Å²) in [5, 5.41) is 0. The Morgan fingerprint density at radius 1 is 1.36 bits per heavy atom. The first-order chi connectivity index (χ1) is 6.59. The maximum absolute atomic E-state index is 5.77. The van der Waals surface area contributed by atoms with Gasteiger partial charge in [0, 0.05) is 6.42 Å². The van der Waals surface area contributed by atoms with Gasteiger partial charge in [-0.25, -0.2) is 4.99 Å². The molecule has 1 heterocycles. The SMILES string of the molecule is Cc1ccc(C(C)C)c2c1CC(N)=N2. The van der Waals surface area contributed by atoms with Gasteiger partial charge in [0.2, 0.25) is 0 Å². The standard InChI is InChI=1S/C12H16N2/c1-7(2)9-5-4-8(3)10-6-11(13)14-12(9)10/h4-5,7H,6H2,1-3H3,(H2,13,14). The summed E-state index contributed by atoms with van der Waals surface area (Å²) in [5.74, 6) is 1.26. The predicted molar refractivity (Wildman–Crippen MR) is 60.3 cm³/mol. The molecular weight excluding hydrogens is 172 g/mol. The Morgan fingerprint density at radius 2 is 2.07 bits per heavy atom. The normalized spacial score (nSPS) is 14.4. The van der Waals surface area contributed by atoms with Gasteiger partial charge in [-0.05, 0) is 29.5 Å². The number of benzene rings is 1. The van der Waals surface area contributed by atoms with Crippen LogP contribution in [0.15, 0.2) is 17.1 Å². The Kier molecular flexibility index (Phi) is 2.06. The molecule has 2 nitrogen and oxygen atoms in total. The molecule has 0 fully saturated rings. The van der Waals surface area contributed by atoms with Crippen LogP contribution in [0.1, 0.15) is 36.5 Å². The first kappa shape index (κ1) is 9.25. The second-order valence-electron chi connectivity index (χ2n) is 4.23. The van der Waals surface area contributed by atoms with E-state index < -0.39 is 0 Å². The Morgan fingerprint density at radius 3 is 2.71 bits per heavy atom. The van der Waals surface area contributed by atoms with Crippen molar-refractivity contribution < 1.29 is 0 Å². The van der Waals surface area contributed by atoms with Crippen molar-refractivity contribution in [1.29, 1.82) is 0 Å². The molecule has 2 N–H and O–H groups in total. The van der Waals surface area contributed by atoms with Crippen molar-refractivity contribution in [2.24, 2.45) is 10.7 Å². The molecule has 1 aromatic carbocycles. The second kappa shape index (κ2) is 3.12. The third kappa shape index (κ3) is 1.31. The number of nitrogens with two attached hydrogens (primary N) is 1. The molecule has 0 unspecified atom stereocenters. The fourth-order valence-electron chi connectivity index (χ4n) is 1.94. The van der Waals surface area contributed by atoms with E-state index in [-0.39, 0.29) is 0 Å². The highest BCUT2D eigenvalue weighted by molar-refractivity contribution is 5.92. The van der Waals surface area contributed by atoms with Gasteiger partial charge in [0.15, 0.2) is 0 Å². The number of fused-ring (bicyclic) bond motifs is 1. The van der Waals surface area contributed by atoms with Gasteiger partial charge >= 0.3 is 0 Å². The maximum atomic E-state index is 5.77. The van der Waals surface area contributed by atoms with Crippen LogP contribution in [0.25, 0.3) is 0 Å². The molecular formula is C12H16N2. The van der Waals surface area contributed by atoms with Crippen molar-refractivity contribution in [3.05, 3.63) is 28.8 Å². The first-order valence-electron chi connectivity index (χ1n) is 5.05. The topological polar surface area (TPSA) is 38.4 Å². The molecule has 2 rings (SSSR count). The molecule has 0 aliphatic carbocycles. The molecule has 0 amide bonds. The van der Waals surface area contributed by atoms with E-state index in [1.807, 2.05) is 0 Å². The molecule has 0 saturated carbocycles. The van der Waals surface area contributed by atoms with E-state index in [0.29, 0.717) is 5.92 Å². The summed E-state index contributed by atoms with van der Waals surface area (Å²) in [6.45, 7) is 6.50. The van der Waals surface area contributed by atoms with Crippen LogP contribution in [-0.2, 0) is 6.42 Å². The van der Waals surface area contributed by atoms with E-state index in [0.717, 1.165) is 17.9 Å². The van der Waals surface area contributed by atoms with Gasteiger partial charge in [-0.3, -0.25) is 0 Å². The van der Waals surface area contributed by atoms with Crippen LogP contribution in [0.4, 0.5) is 5.69 Å². The number of hydrogen-bond donors (Lipinski definition) is 1. The van der Waals surface area contributed by atoms with Crippen molar-refractivity contribution in [1.82, 2.24) is 0 Å². The van der Waals surface area contributed by atoms with Crippen molar-refractivity contribution in [2.75, 3.05) is 0 Å². The fourth-order valence-corrected chi connectivity index (χ4v) is 1.94. The Balaban J connectivity index is 2.61. The maximum Gasteiger partial charge on any atom is 0.104 e. The predicted octanol–water partition coefficient (Wildman–Crippen LogP) is 2.66. The highest BCUT2D eigenvalue weighted by Crippen LogP contribution is 2.36. The van der Waals surface area contributed by atoms with Crippen LogP contribution in [0, 0.1) is 6.92 Å². The lowest BCUT2D eigenvalue weighted by molar-refractivity contribution is 0.865. The van der Waals surface area contributed by atoms with E-state index in [1.54, 1.807) is 0 Å². The van der Waals surface area contributed by atoms with Gasteiger partial charge in [0.1, 0.15) is 5.84 Å². The number of amidine groups is 1. The van der Waals surface area contributed by atoms with Crippen LogP contribution in [-0.4, -0.2) is 5.84 Å².